The van der Waals surface area contributed by atoms with E-state index in [0.29, 0.717) is 0 Å². The van der Waals surface area contributed by atoms with Crippen LogP contribution >= 0.6 is 0 Å². The van der Waals surface area contributed by atoms with Gasteiger partial charge in [0.15, 0.2) is 5.41 Å². The molecule has 5 nitrogen and oxygen atoms in total. The maximum absolute atomic E-state index is 12.4. The van der Waals surface area contributed by atoms with E-state index in [0.717, 1.165) is 5.56 Å². The molecule has 2 aliphatic rings. The van der Waals surface area contributed by atoms with E-state index in [1.807, 2.05) is 18.2 Å². The second-order valence-electron chi connectivity index (χ2n) is 6.02. The van der Waals surface area contributed by atoms with Crippen LogP contribution in [-0.2, 0) is 23.9 Å². The van der Waals surface area contributed by atoms with Gasteiger partial charge in [0.25, 0.3) is 5.79 Å². The van der Waals surface area contributed by atoms with E-state index < -0.39 is 35.0 Å². The SMILES string of the molecule is CC(=O)[C@H]1[C@@H](c2ccccc2)C12C(=O)OC(C)(C)OC2=O. The zero-order valence-electron chi connectivity index (χ0n) is 12.1. The minimum absolute atomic E-state index is 0.211. The fourth-order valence-corrected chi connectivity index (χ4v) is 3.29. The minimum atomic E-state index is -1.51. The molecule has 2 atom stereocenters. The summed E-state index contributed by atoms with van der Waals surface area (Å²) in [7, 11) is 0. The fraction of sp³-hybridized carbons (Fsp3) is 0.438. The smallest absolute Gasteiger partial charge is 0.328 e. The lowest BCUT2D eigenvalue weighted by Gasteiger charge is -2.33. The summed E-state index contributed by atoms with van der Waals surface area (Å²) in [5.74, 6) is -4.05. The van der Waals surface area contributed by atoms with Crippen molar-refractivity contribution in [2.45, 2.75) is 32.5 Å². The molecule has 1 aromatic rings. The van der Waals surface area contributed by atoms with E-state index >= 15 is 0 Å². The largest absolute Gasteiger partial charge is 0.422 e. The number of carbonyl (C=O) groups excluding carboxylic acids is 3. The van der Waals surface area contributed by atoms with Gasteiger partial charge in [0.05, 0.1) is 5.92 Å². The van der Waals surface area contributed by atoms with Gasteiger partial charge in [-0.25, -0.2) is 0 Å². The van der Waals surface area contributed by atoms with Gasteiger partial charge in [-0.05, 0) is 12.5 Å². The Hall–Kier alpha value is -2.17. The van der Waals surface area contributed by atoms with Crippen LogP contribution in [0, 0.1) is 11.3 Å². The van der Waals surface area contributed by atoms with Crippen LogP contribution in [0.5, 0.6) is 0 Å². The summed E-state index contributed by atoms with van der Waals surface area (Å²) in [6.45, 7) is 4.38. The Balaban J connectivity index is 2.06. The van der Waals surface area contributed by atoms with Crippen LogP contribution in [0.15, 0.2) is 30.3 Å². The summed E-state index contributed by atoms with van der Waals surface area (Å²) in [5, 5.41) is 0. The van der Waals surface area contributed by atoms with E-state index in [9.17, 15) is 14.4 Å². The van der Waals surface area contributed by atoms with Crippen molar-refractivity contribution in [3.8, 4) is 0 Å². The summed E-state index contributed by atoms with van der Waals surface area (Å²) in [6.07, 6.45) is 0. The van der Waals surface area contributed by atoms with Gasteiger partial charge in [-0.1, -0.05) is 30.3 Å². The van der Waals surface area contributed by atoms with Gasteiger partial charge >= 0.3 is 11.9 Å². The number of rotatable bonds is 2. The highest BCUT2D eigenvalue weighted by atomic mass is 16.7. The second kappa shape index (κ2) is 4.16. The van der Waals surface area contributed by atoms with Crippen molar-refractivity contribution in [2.24, 2.45) is 11.3 Å². The van der Waals surface area contributed by atoms with Crippen molar-refractivity contribution >= 4 is 17.7 Å². The van der Waals surface area contributed by atoms with Crippen LogP contribution in [-0.4, -0.2) is 23.5 Å². The van der Waals surface area contributed by atoms with Crippen LogP contribution in [0.2, 0.25) is 0 Å². The van der Waals surface area contributed by atoms with Gasteiger partial charge in [0.2, 0.25) is 0 Å². The van der Waals surface area contributed by atoms with Gasteiger partial charge in [-0.3, -0.25) is 14.4 Å². The number of ketones is 1. The molecule has 1 saturated carbocycles. The first kappa shape index (κ1) is 13.8. The first-order valence-corrected chi connectivity index (χ1v) is 6.83. The molecule has 3 rings (SSSR count). The maximum atomic E-state index is 12.4. The van der Waals surface area contributed by atoms with Crippen LogP contribution in [0.3, 0.4) is 0 Å². The Bertz CT molecular complexity index is 611. The Morgan fingerprint density at radius 2 is 1.57 bits per heavy atom. The molecule has 0 aromatic heterocycles. The Morgan fingerprint density at radius 1 is 1.05 bits per heavy atom. The zero-order valence-corrected chi connectivity index (χ0v) is 12.1. The molecule has 5 heteroatoms. The number of carbonyl (C=O) groups is 3. The normalized spacial score (nSPS) is 28.7. The molecule has 0 amide bonds. The summed E-state index contributed by atoms with van der Waals surface area (Å²) in [5.41, 5.74) is -0.741. The number of hydrogen-bond acceptors (Lipinski definition) is 5. The third-order valence-electron chi connectivity index (χ3n) is 4.15. The number of hydrogen-bond donors (Lipinski definition) is 0. The van der Waals surface area contributed by atoms with E-state index in [-0.39, 0.29) is 5.78 Å². The lowest BCUT2D eigenvalue weighted by Crippen LogP contribution is -2.49. The van der Waals surface area contributed by atoms with Crippen LogP contribution < -0.4 is 0 Å². The average molecular weight is 288 g/mol. The number of benzene rings is 1. The van der Waals surface area contributed by atoms with Crippen molar-refractivity contribution in [1.29, 1.82) is 0 Å². The number of esters is 2. The first-order chi connectivity index (χ1) is 9.80. The molecule has 21 heavy (non-hydrogen) atoms. The number of Topliss-reactive ketones (excluding diaryl/α,β-unsaturated/α-hetero) is 1. The van der Waals surface area contributed by atoms with Gasteiger partial charge < -0.3 is 9.47 Å². The lowest BCUT2D eigenvalue weighted by atomic mass is 9.97. The van der Waals surface area contributed by atoms with E-state index in [1.54, 1.807) is 12.1 Å². The highest BCUT2D eigenvalue weighted by Gasteiger charge is 2.81. The van der Waals surface area contributed by atoms with Crippen LogP contribution in [0.25, 0.3) is 0 Å². The molecule has 0 N–H and O–H groups in total. The van der Waals surface area contributed by atoms with E-state index in [2.05, 4.69) is 0 Å². The molecule has 1 aromatic carbocycles. The molecule has 2 fully saturated rings. The van der Waals surface area contributed by atoms with Gasteiger partial charge in [-0.15, -0.1) is 0 Å². The standard InChI is InChI=1S/C16H16O5/c1-9(17)11-12(10-7-5-4-6-8-10)16(11)13(18)20-15(2,3)21-14(16)19/h4-8,11-12H,1-3H3/t11-,12+/m0/s1. The van der Waals surface area contributed by atoms with Crippen LogP contribution in [0.1, 0.15) is 32.3 Å². The molecule has 0 bridgehead atoms. The number of cyclic esters (lactones) is 2. The van der Waals surface area contributed by atoms with E-state index in [4.69, 9.17) is 9.47 Å². The zero-order chi connectivity index (χ0) is 15.4. The molecule has 0 unspecified atom stereocenters. The predicted octanol–water partition coefficient (Wildman–Crippen LogP) is 1.81. The Kier molecular flexibility index (Phi) is 2.74. The minimum Gasteiger partial charge on any atom is -0.422 e. The van der Waals surface area contributed by atoms with Crippen molar-refractivity contribution in [3.05, 3.63) is 35.9 Å². The molecule has 110 valence electrons. The predicted molar refractivity (Wildman–Crippen MR) is 72.1 cm³/mol. The highest BCUT2D eigenvalue weighted by Crippen LogP contribution is 2.68. The van der Waals surface area contributed by atoms with Gasteiger partial charge in [-0.2, -0.15) is 0 Å². The van der Waals surface area contributed by atoms with Crippen LogP contribution in [0.4, 0.5) is 0 Å². The molecule has 1 saturated heterocycles. The lowest BCUT2D eigenvalue weighted by molar-refractivity contribution is -0.244. The first-order valence-electron chi connectivity index (χ1n) is 6.83. The quantitative estimate of drug-likeness (QED) is 0.613. The molecule has 1 heterocycles. The van der Waals surface area contributed by atoms with Crippen molar-refractivity contribution in [2.75, 3.05) is 0 Å². The second-order valence-corrected chi connectivity index (χ2v) is 6.02. The third kappa shape index (κ3) is 1.80. The third-order valence-corrected chi connectivity index (χ3v) is 4.15. The summed E-state index contributed by atoms with van der Waals surface area (Å²) in [6, 6.07) is 9.05. The van der Waals surface area contributed by atoms with Crippen molar-refractivity contribution < 1.29 is 23.9 Å². The molecule has 0 radical (unpaired) electrons. The molecule has 1 aliphatic heterocycles. The number of ether oxygens (including phenoxy) is 2. The Morgan fingerprint density at radius 3 is 2.05 bits per heavy atom. The topological polar surface area (TPSA) is 69.7 Å². The molecule has 1 aliphatic carbocycles. The van der Waals surface area contributed by atoms with Crippen molar-refractivity contribution in [3.63, 3.8) is 0 Å². The monoisotopic (exact) mass is 288 g/mol. The molecular formula is C16H16O5. The van der Waals surface area contributed by atoms with Gasteiger partial charge in [0.1, 0.15) is 5.78 Å². The fourth-order valence-electron chi connectivity index (χ4n) is 3.29. The molecular weight excluding hydrogens is 272 g/mol. The highest BCUT2D eigenvalue weighted by molar-refractivity contribution is 6.13. The summed E-state index contributed by atoms with van der Waals surface area (Å²) < 4.78 is 10.4. The average Bonchev–Trinajstić information content (AvgIpc) is 3.08. The Labute approximate surface area is 122 Å². The molecule has 1 spiro atoms. The maximum Gasteiger partial charge on any atom is 0.328 e. The van der Waals surface area contributed by atoms with E-state index in [1.165, 1.54) is 20.8 Å². The van der Waals surface area contributed by atoms with Gasteiger partial charge in [0, 0.05) is 19.8 Å². The van der Waals surface area contributed by atoms with Crippen molar-refractivity contribution in [1.82, 2.24) is 0 Å². The summed E-state index contributed by atoms with van der Waals surface area (Å²) in [4.78, 5) is 36.8. The summed E-state index contributed by atoms with van der Waals surface area (Å²) >= 11 is 0.